The molecule has 0 aliphatic carbocycles. The van der Waals surface area contributed by atoms with Crippen LogP contribution >= 0.6 is 0 Å². The van der Waals surface area contributed by atoms with E-state index in [1.54, 1.807) is 30.3 Å². The highest BCUT2D eigenvalue weighted by atomic mass is 19.4. The summed E-state index contributed by atoms with van der Waals surface area (Å²) in [7, 11) is 0. The molecule has 150 valence electrons. The summed E-state index contributed by atoms with van der Waals surface area (Å²) in [6.07, 6.45) is -3.07. The molecule has 30 heavy (non-hydrogen) atoms. The predicted molar refractivity (Wildman–Crippen MR) is 111 cm³/mol. The lowest BCUT2D eigenvalue weighted by Crippen LogP contribution is -2.10. The Kier molecular flexibility index (Phi) is 5.08. The number of halogens is 3. The number of aromatic nitrogens is 3. The van der Waals surface area contributed by atoms with Crippen molar-refractivity contribution in [3.63, 3.8) is 0 Å². The first-order chi connectivity index (χ1) is 14.3. The van der Waals surface area contributed by atoms with Gasteiger partial charge in [-0.15, -0.1) is 0 Å². The first kappa shape index (κ1) is 19.8. The van der Waals surface area contributed by atoms with E-state index in [0.29, 0.717) is 11.1 Å². The molecule has 0 amide bonds. The summed E-state index contributed by atoms with van der Waals surface area (Å²) in [5.41, 5.74) is 3.97. The van der Waals surface area contributed by atoms with Crippen molar-refractivity contribution < 1.29 is 13.2 Å². The summed E-state index contributed by atoms with van der Waals surface area (Å²) >= 11 is 0. The largest absolute Gasteiger partial charge is 0.433 e. The quantitative estimate of drug-likeness (QED) is 0.390. The Bertz CT molecular complexity index is 1180. The van der Waals surface area contributed by atoms with Gasteiger partial charge in [-0.1, -0.05) is 48.0 Å². The molecule has 0 atom stereocenters. The standard InChI is InChI=1S/C24H18F3N3/c1-15-6-9-17(10-7-15)18-4-3-5-19(12-18)23-29-21(13-22(30-23)24(25,26)27)20-11-8-16(2)28-14-20/h3-14H,1-2H3. The Hall–Kier alpha value is -3.54. The van der Waals surface area contributed by atoms with Crippen LogP contribution in [0.4, 0.5) is 13.2 Å². The van der Waals surface area contributed by atoms with Crippen molar-refractivity contribution in [2.24, 2.45) is 0 Å². The van der Waals surface area contributed by atoms with Crippen LogP contribution in [0.15, 0.2) is 72.9 Å². The van der Waals surface area contributed by atoms with Gasteiger partial charge in [0.05, 0.1) is 5.69 Å². The third-order valence-corrected chi connectivity index (χ3v) is 4.73. The highest BCUT2D eigenvalue weighted by Gasteiger charge is 2.34. The third-order valence-electron chi connectivity index (χ3n) is 4.73. The van der Waals surface area contributed by atoms with Crippen LogP contribution in [0, 0.1) is 13.8 Å². The van der Waals surface area contributed by atoms with E-state index in [2.05, 4.69) is 15.0 Å². The summed E-state index contributed by atoms with van der Waals surface area (Å²) in [5.74, 6) is 0.0226. The van der Waals surface area contributed by atoms with Crippen LogP contribution in [0.2, 0.25) is 0 Å². The number of rotatable bonds is 3. The normalized spacial score (nSPS) is 11.5. The first-order valence-electron chi connectivity index (χ1n) is 9.36. The highest BCUT2D eigenvalue weighted by molar-refractivity contribution is 5.71. The molecule has 0 bridgehead atoms. The van der Waals surface area contributed by atoms with Crippen LogP contribution < -0.4 is 0 Å². The van der Waals surface area contributed by atoms with E-state index in [1.165, 1.54) is 6.20 Å². The van der Waals surface area contributed by atoms with Gasteiger partial charge in [-0.3, -0.25) is 4.98 Å². The topological polar surface area (TPSA) is 38.7 Å². The van der Waals surface area contributed by atoms with E-state index in [1.807, 2.05) is 44.2 Å². The summed E-state index contributed by atoms with van der Waals surface area (Å²) in [5, 5.41) is 0. The molecule has 2 aromatic carbocycles. The van der Waals surface area contributed by atoms with Crippen molar-refractivity contribution in [1.82, 2.24) is 15.0 Å². The maximum Gasteiger partial charge on any atom is 0.433 e. The van der Waals surface area contributed by atoms with Gasteiger partial charge in [0.25, 0.3) is 0 Å². The molecule has 4 rings (SSSR count). The second-order valence-corrected chi connectivity index (χ2v) is 7.09. The SMILES string of the molecule is Cc1ccc(-c2cccc(-c3nc(-c4ccc(C)nc4)cc(C(F)(F)F)n3)c2)cc1. The Morgan fingerprint density at radius 2 is 1.40 bits per heavy atom. The highest BCUT2D eigenvalue weighted by Crippen LogP contribution is 2.33. The zero-order valence-corrected chi connectivity index (χ0v) is 16.4. The van der Waals surface area contributed by atoms with Gasteiger partial charge in [0, 0.05) is 23.0 Å². The van der Waals surface area contributed by atoms with Crippen molar-refractivity contribution in [2.75, 3.05) is 0 Å². The molecule has 0 radical (unpaired) electrons. The molecule has 0 unspecified atom stereocenters. The van der Waals surface area contributed by atoms with Crippen LogP contribution in [0.25, 0.3) is 33.8 Å². The van der Waals surface area contributed by atoms with Gasteiger partial charge in [-0.25, -0.2) is 9.97 Å². The van der Waals surface area contributed by atoms with Gasteiger partial charge < -0.3 is 0 Å². The molecular formula is C24H18F3N3. The van der Waals surface area contributed by atoms with E-state index in [9.17, 15) is 13.2 Å². The number of nitrogens with zero attached hydrogens (tertiary/aromatic N) is 3. The number of aryl methyl sites for hydroxylation is 2. The fourth-order valence-electron chi connectivity index (χ4n) is 3.07. The number of pyridine rings is 1. The fraction of sp³-hybridized carbons (Fsp3) is 0.125. The van der Waals surface area contributed by atoms with Gasteiger partial charge in [0.15, 0.2) is 5.82 Å². The molecule has 6 heteroatoms. The first-order valence-corrected chi connectivity index (χ1v) is 9.36. The number of hydrogen-bond acceptors (Lipinski definition) is 3. The zero-order valence-electron chi connectivity index (χ0n) is 16.4. The molecule has 0 saturated carbocycles. The molecule has 0 saturated heterocycles. The minimum atomic E-state index is -4.58. The number of hydrogen-bond donors (Lipinski definition) is 0. The molecule has 2 aromatic heterocycles. The lowest BCUT2D eigenvalue weighted by molar-refractivity contribution is -0.141. The average molecular weight is 405 g/mol. The average Bonchev–Trinajstić information content (AvgIpc) is 2.74. The van der Waals surface area contributed by atoms with Crippen molar-refractivity contribution in [2.45, 2.75) is 20.0 Å². The summed E-state index contributed by atoms with van der Waals surface area (Å²) in [4.78, 5) is 12.4. The van der Waals surface area contributed by atoms with Crippen molar-refractivity contribution in [1.29, 1.82) is 0 Å². The lowest BCUT2D eigenvalue weighted by Gasteiger charge is -2.12. The summed E-state index contributed by atoms with van der Waals surface area (Å²) in [6, 6.07) is 19.6. The van der Waals surface area contributed by atoms with Gasteiger partial charge in [-0.05, 0) is 49.2 Å². The van der Waals surface area contributed by atoms with Crippen LogP contribution in [0.1, 0.15) is 17.0 Å². The Labute approximate surface area is 172 Å². The Morgan fingerprint density at radius 3 is 2.07 bits per heavy atom. The van der Waals surface area contributed by atoms with E-state index in [0.717, 1.165) is 28.5 Å². The second-order valence-electron chi connectivity index (χ2n) is 7.09. The van der Waals surface area contributed by atoms with Crippen LogP contribution in [0.5, 0.6) is 0 Å². The van der Waals surface area contributed by atoms with Gasteiger partial charge >= 0.3 is 6.18 Å². The maximum atomic E-state index is 13.5. The van der Waals surface area contributed by atoms with Crippen molar-refractivity contribution in [3.8, 4) is 33.8 Å². The number of benzene rings is 2. The van der Waals surface area contributed by atoms with Crippen molar-refractivity contribution in [3.05, 3.63) is 89.9 Å². The molecule has 0 spiro atoms. The molecule has 0 N–H and O–H groups in total. The van der Waals surface area contributed by atoms with Gasteiger partial charge in [0.1, 0.15) is 5.69 Å². The van der Waals surface area contributed by atoms with E-state index in [-0.39, 0.29) is 11.5 Å². The number of alkyl halides is 3. The van der Waals surface area contributed by atoms with Gasteiger partial charge in [0.2, 0.25) is 0 Å². The summed E-state index contributed by atoms with van der Waals surface area (Å²) in [6.45, 7) is 3.81. The molecule has 4 aromatic rings. The molecule has 2 heterocycles. The third kappa shape index (κ3) is 4.22. The minimum absolute atomic E-state index is 0.0226. The molecule has 3 nitrogen and oxygen atoms in total. The Morgan fingerprint density at radius 1 is 0.700 bits per heavy atom. The Balaban J connectivity index is 1.84. The van der Waals surface area contributed by atoms with Gasteiger partial charge in [-0.2, -0.15) is 13.2 Å². The van der Waals surface area contributed by atoms with Crippen LogP contribution in [-0.4, -0.2) is 15.0 Å². The smallest absolute Gasteiger partial charge is 0.261 e. The predicted octanol–water partition coefficient (Wildman–Crippen LogP) is 6.51. The molecule has 0 fully saturated rings. The van der Waals surface area contributed by atoms with E-state index >= 15 is 0 Å². The summed E-state index contributed by atoms with van der Waals surface area (Å²) < 4.78 is 40.6. The molecular weight excluding hydrogens is 387 g/mol. The fourth-order valence-corrected chi connectivity index (χ4v) is 3.07. The van der Waals surface area contributed by atoms with E-state index < -0.39 is 11.9 Å². The molecule has 0 aliphatic heterocycles. The maximum absolute atomic E-state index is 13.5. The second kappa shape index (κ2) is 7.71. The van der Waals surface area contributed by atoms with E-state index in [4.69, 9.17) is 0 Å². The zero-order chi connectivity index (χ0) is 21.3. The molecule has 0 aliphatic rings. The van der Waals surface area contributed by atoms with Crippen LogP contribution in [-0.2, 0) is 6.18 Å². The van der Waals surface area contributed by atoms with Crippen LogP contribution in [0.3, 0.4) is 0 Å². The monoisotopic (exact) mass is 405 g/mol. The minimum Gasteiger partial charge on any atom is -0.261 e. The lowest BCUT2D eigenvalue weighted by atomic mass is 10.0. The van der Waals surface area contributed by atoms with Crippen molar-refractivity contribution >= 4 is 0 Å².